The first-order chi connectivity index (χ1) is 12.3. The van der Waals surface area contributed by atoms with E-state index in [2.05, 4.69) is 53.5 Å². The zero-order chi connectivity index (χ0) is 17.1. The van der Waals surface area contributed by atoms with E-state index in [1.807, 2.05) is 12.1 Å². The Kier molecular flexibility index (Phi) is 4.63. The topological polar surface area (TPSA) is 23.5 Å². The normalized spacial score (nSPS) is 26.8. The van der Waals surface area contributed by atoms with Crippen molar-refractivity contribution in [1.82, 2.24) is 4.90 Å². The summed E-state index contributed by atoms with van der Waals surface area (Å²) in [5.41, 5.74) is 2.90. The second-order valence-corrected chi connectivity index (χ2v) is 7.64. The van der Waals surface area contributed by atoms with Crippen molar-refractivity contribution >= 4 is 6.08 Å². The number of benzene rings is 2. The van der Waals surface area contributed by atoms with Crippen molar-refractivity contribution in [2.24, 2.45) is 0 Å². The van der Waals surface area contributed by atoms with Crippen molar-refractivity contribution in [2.75, 3.05) is 13.1 Å². The maximum atomic E-state index is 9.89. The fourth-order valence-electron chi connectivity index (χ4n) is 4.78. The van der Waals surface area contributed by atoms with Crippen LogP contribution in [-0.4, -0.2) is 29.1 Å². The van der Waals surface area contributed by atoms with Crippen LogP contribution in [0.3, 0.4) is 0 Å². The highest BCUT2D eigenvalue weighted by atomic mass is 16.3. The first-order valence-electron chi connectivity index (χ1n) is 9.50. The molecule has 1 saturated carbocycles. The highest BCUT2D eigenvalue weighted by molar-refractivity contribution is 5.48. The number of piperidine rings is 1. The second kappa shape index (κ2) is 7.05. The Morgan fingerprint density at radius 2 is 1.96 bits per heavy atom. The zero-order valence-electron chi connectivity index (χ0n) is 14.8. The number of nitrogens with zero attached hydrogens (tertiary/aromatic N) is 1. The largest absolute Gasteiger partial charge is 0.508 e. The monoisotopic (exact) mass is 333 g/mol. The van der Waals surface area contributed by atoms with Gasteiger partial charge in [-0.2, -0.15) is 0 Å². The lowest BCUT2D eigenvalue weighted by molar-refractivity contribution is 0.0606. The number of aromatic hydroxyl groups is 1. The highest BCUT2D eigenvalue weighted by Crippen LogP contribution is 2.47. The molecule has 2 aromatic rings. The summed E-state index contributed by atoms with van der Waals surface area (Å²) in [6.07, 6.45) is 10.8. The van der Waals surface area contributed by atoms with Crippen LogP contribution >= 0.6 is 0 Å². The Balaban J connectivity index is 1.45. The summed E-state index contributed by atoms with van der Waals surface area (Å²) in [6, 6.07) is 19.2. The average molecular weight is 333 g/mol. The van der Waals surface area contributed by atoms with Crippen LogP contribution in [0, 0.1) is 0 Å². The fraction of sp³-hybridized carbons (Fsp3) is 0.391. The molecule has 2 aromatic carbocycles. The molecule has 2 heteroatoms. The standard InChI is InChI=1S/C23H27NO/c25-22-12-4-10-20(17-22)23-13-5-11-21(18-23)24(16-14-23)15-6-9-19-7-2-1-3-8-19/h1-4,6-10,12,17,21,25H,5,11,13-16,18H2/b9-6-/t21-,23+/m1/s1. The van der Waals surface area contributed by atoms with E-state index in [0.29, 0.717) is 11.8 Å². The van der Waals surface area contributed by atoms with Crippen LogP contribution in [0.5, 0.6) is 5.75 Å². The lowest BCUT2D eigenvalue weighted by atomic mass is 9.63. The maximum absolute atomic E-state index is 9.89. The minimum Gasteiger partial charge on any atom is -0.508 e. The Hall–Kier alpha value is -2.06. The van der Waals surface area contributed by atoms with Gasteiger partial charge in [0.25, 0.3) is 0 Å². The van der Waals surface area contributed by atoms with E-state index in [1.54, 1.807) is 6.07 Å². The number of hydrogen-bond donors (Lipinski definition) is 1. The smallest absolute Gasteiger partial charge is 0.115 e. The van der Waals surface area contributed by atoms with Gasteiger partial charge in [-0.25, -0.2) is 0 Å². The molecule has 130 valence electrons. The predicted molar refractivity (Wildman–Crippen MR) is 104 cm³/mol. The first-order valence-corrected chi connectivity index (χ1v) is 9.50. The third-order valence-electron chi connectivity index (χ3n) is 6.12. The molecule has 2 fully saturated rings. The van der Waals surface area contributed by atoms with Gasteiger partial charge in [-0.05, 0) is 60.9 Å². The summed E-state index contributed by atoms with van der Waals surface area (Å²) in [7, 11) is 0. The number of phenols is 1. The van der Waals surface area contributed by atoms with Crippen molar-refractivity contribution in [3.05, 3.63) is 71.8 Å². The zero-order valence-corrected chi connectivity index (χ0v) is 14.8. The summed E-state index contributed by atoms with van der Waals surface area (Å²) in [5.74, 6) is 0.405. The minimum absolute atomic E-state index is 0.279. The Morgan fingerprint density at radius 1 is 1.08 bits per heavy atom. The van der Waals surface area contributed by atoms with Crippen LogP contribution in [0.25, 0.3) is 6.08 Å². The fourth-order valence-corrected chi connectivity index (χ4v) is 4.78. The Bertz CT molecular complexity index is 739. The minimum atomic E-state index is 0.279. The second-order valence-electron chi connectivity index (χ2n) is 7.64. The number of fused-ring (bicyclic) bond motifs is 2. The highest BCUT2D eigenvalue weighted by Gasteiger charge is 2.43. The van der Waals surface area contributed by atoms with E-state index in [4.69, 9.17) is 0 Å². The van der Waals surface area contributed by atoms with E-state index >= 15 is 0 Å². The maximum Gasteiger partial charge on any atom is 0.115 e. The lowest BCUT2D eigenvalue weighted by Gasteiger charge is -2.50. The van der Waals surface area contributed by atoms with Gasteiger partial charge in [0.05, 0.1) is 0 Å². The molecule has 25 heavy (non-hydrogen) atoms. The van der Waals surface area contributed by atoms with Gasteiger partial charge < -0.3 is 5.11 Å². The molecule has 1 N–H and O–H groups in total. The molecule has 0 radical (unpaired) electrons. The quantitative estimate of drug-likeness (QED) is 0.852. The van der Waals surface area contributed by atoms with Crippen LogP contribution in [-0.2, 0) is 5.41 Å². The molecule has 0 unspecified atom stereocenters. The van der Waals surface area contributed by atoms with Gasteiger partial charge in [0.1, 0.15) is 5.75 Å². The summed E-state index contributed by atoms with van der Waals surface area (Å²) in [6.45, 7) is 2.19. The van der Waals surface area contributed by atoms with Crippen LogP contribution in [0.1, 0.15) is 43.2 Å². The number of phenolic OH excluding ortho intramolecular Hbond substituents is 1. The number of likely N-dealkylation sites (tertiary alicyclic amines) is 1. The molecule has 0 aromatic heterocycles. The van der Waals surface area contributed by atoms with Crippen molar-refractivity contribution in [2.45, 2.75) is 43.6 Å². The molecule has 4 rings (SSSR count). The van der Waals surface area contributed by atoms with Crippen molar-refractivity contribution in [3.8, 4) is 5.75 Å². The van der Waals surface area contributed by atoms with Crippen molar-refractivity contribution in [1.29, 1.82) is 0 Å². The molecule has 1 aliphatic heterocycles. The number of hydrogen-bond acceptors (Lipinski definition) is 2. The molecule has 0 amide bonds. The molecule has 2 atom stereocenters. The molecule has 2 bridgehead atoms. The van der Waals surface area contributed by atoms with Gasteiger partial charge in [-0.3, -0.25) is 4.90 Å². The SMILES string of the molecule is Oc1cccc([C@]23CCC[C@H](C2)N(C/C=C\c2ccccc2)CC3)c1. The Morgan fingerprint density at radius 3 is 2.80 bits per heavy atom. The van der Waals surface area contributed by atoms with E-state index in [1.165, 1.54) is 43.2 Å². The third-order valence-corrected chi connectivity index (χ3v) is 6.12. The summed E-state index contributed by atoms with van der Waals surface area (Å²) in [5, 5.41) is 9.89. The molecule has 2 aliphatic rings. The molecular formula is C23H27NO. The van der Waals surface area contributed by atoms with Gasteiger partial charge in [0, 0.05) is 12.6 Å². The van der Waals surface area contributed by atoms with Crippen molar-refractivity contribution in [3.63, 3.8) is 0 Å². The lowest BCUT2D eigenvalue weighted by Crippen LogP contribution is -2.51. The Labute approximate surface area is 150 Å². The summed E-state index contributed by atoms with van der Waals surface area (Å²) >= 11 is 0. The van der Waals surface area contributed by atoms with Crippen LogP contribution in [0.2, 0.25) is 0 Å². The summed E-state index contributed by atoms with van der Waals surface area (Å²) in [4.78, 5) is 2.65. The van der Waals surface area contributed by atoms with Crippen LogP contribution in [0.4, 0.5) is 0 Å². The third kappa shape index (κ3) is 3.50. The molecule has 1 aliphatic carbocycles. The first kappa shape index (κ1) is 16.4. The molecule has 1 heterocycles. The van der Waals surface area contributed by atoms with Crippen LogP contribution < -0.4 is 0 Å². The van der Waals surface area contributed by atoms with Gasteiger partial charge in [0.15, 0.2) is 0 Å². The summed E-state index contributed by atoms with van der Waals surface area (Å²) < 4.78 is 0. The number of rotatable bonds is 4. The van der Waals surface area contributed by atoms with Gasteiger partial charge >= 0.3 is 0 Å². The van der Waals surface area contributed by atoms with Gasteiger partial charge in [-0.1, -0.05) is 61.0 Å². The predicted octanol–water partition coefficient (Wildman–Crippen LogP) is 4.99. The molecular weight excluding hydrogens is 306 g/mol. The van der Waals surface area contributed by atoms with Gasteiger partial charge in [-0.15, -0.1) is 0 Å². The van der Waals surface area contributed by atoms with E-state index < -0.39 is 0 Å². The van der Waals surface area contributed by atoms with E-state index in [-0.39, 0.29) is 5.41 Å². The van der Waals surface area contributed by atoms with E-state index in [0.717, 1.165) is 13.1 Å². The van der Waals surface area contributed by atoms with E-state index in [9.17, 15) is 5.11 Å². The van der Waals surface area contributed by atoms with Gasteiger partial charge in [0.2, 0.25) is 0 Å². The average Bonchev–Trinajstić information content (AvgIpc) is 2.65. The van der Waals surface area contributed by atoms with Crippen molar-refractivity contribution < 1.29 is 5.11 Å². The molecule has 0 spiro atoms. The molecule has 1 saturated heterocycles. The molecule has 2 nitrogen and oxygen atoms in total. The van der Waals surface area contributed by atoms with Crippen LogP contribution in [0.15, 0.2) is 60.7 Å².